The zero-order valence-corrected chi connectivity index (χ0v) is 27.4. The van der Waals surface area contributed by atoms with Crippen LogP contribution in [0, 0.1) is 0 Å². The van der Waals surface area contributed by atoms with E-state index in [0.29, 0.717) is 55.3 Å². The Hall–Kier alpha value is -3.65. The van der Waals surface area contributed by atoms with Gasteiger partial charge >= 0.3 is 5.97 Å². The number of rotatable bonds is 10. The molecule has 0 fully saturated rings. The molecule has 0 saturated carbocycles. The van der Waals surface area contributed by atoms with Crippen LogP contribution in [0.4, 0.5) is 0 Å². The SMILES string of the molecule is CCCC1=C(C(=O)OCC)[C@H](c2ccc(C(C)C)cc2)n2c(s/c(=C\c3ccc(OCc4ccc(Cl)cc4Cl)cc3)c2=O)=N1. The lowest BCUT2D eigenvalue weighted by atomic mass is 9.92. The summed E-state index contributed by atoms with van der Waals surface area (Å²) in [4.78, 5) is 32.8. The number of benzene rings is 3. The molecule has 0 aliphatic carbocycles. The minimum atomic E-state index is -0.634. The summed E-state index contributed by atoms with van der Waals surface area (Å²) in [7, 11) is 0. The molecule has 3 aromatic carbocycles. The second-order valence-corrected chi connectivity index (χ2v) is 12.7. The molecule has 44 heavy (non-hydrogen) atoms. The van der Waals surface area contributed by atoms with E-state index in [-0.39, 0.29) is 12.2 Å². The maximum atomic E-state index is 14.0. The number of allylic oxidation sites excluding steroid dienone is 1. The van der Waals surface area contributed by atoms with E-state index < -0.39 is 12.0 Å². The van der Waals surface area contributed by atoms with Crippen LogP contribution in [0.25, 0.3) is 6.08 Å². The molecule has 0 spiro atoms. The summed E-state index contributed by atoms with van der Waals surface area (Å²) < 4.78 is 13.6. The van der Waals surface area contributed by atoms with Crippen molar-refractivity contribution in [1.82, 2.24) is 4.57 Å². The molecular weight excluding hydrogens is 615 g/mol. The lowest BCUT2D eigenvalue weighted by molar-refractivity contribution is -0.139. The zero-order chi connectivity index (χ0) is 31.4. The smallest absolute Gasteiger partial charge is 0.338 e. The molecule has 6 nitrogen and oxygen atoms in total. The molecule has 0 amide bonds. The molecule has 1 aliphatic rings. The van der Waals surface area contributed by atoms with Crippen molar-refractivity contribution in [2.45, 2.75) is 59.1 Å². The average molecular weight is 650 g/mol. The summed E-state index contributed by atoms with van der Waals surface area (Å²) in [5.41, 5.74) is 4.58. The topological polar surface area (TPSA) is 69.9 Å². The predicted molar refractivity (Wildman–Crippen MR) is 177 cm³/mol. The Morgan fingerprint density at radius 3 is 2.41 bits per heavy atom. The van der Waals surface area contributed by atoms with Gasteiger partial charge in [-0.3, -0.25) is 9.36 Å². The number of fused-ring (bicyclic) bond motifs is 1. The molecule has 228 valence electrons. The highest BCUT2D eigenvalue weighted by Gasteiger charge is 2.34. The van der Waals surface area contributed by atoms with Crippen LogP contribution in [0.1, 0.15) is 74.8 Å². The fourth-order valence-electron chi connectivity index (χ4n) is 5.11. The molecule has 9 heteroatoms. The van der Waals surface area contributed by atoms with E-state index in [1.54, 1.807) is 23.6 Å². The summed E-state index contributed by atoms with van der Waals surface area (Å²) in [6.07, 6.45) is 3.24. The van der Waals surface area contributed by atoms with Crippen LogP contribution in [0.3, 0.4) is 0 Å². The van der Waals surface area contributed by atoms with Gasteiger partial charge in [0.05, 0.1) is 28.5 Å². The third-order valence-corrected chi connectivity index (χ3v) is 8.97. The van der Waals surface area contributed by atoms with Crippen molar-refractivity contribution >= 4 is 46.6 Å². The maximum absolute atomic E-state index is 14.0. The molecule has 1 aromatic heterocycles. The normalized spacial score (nSPS) is 14.9. The lowest BCUT2D eigenvalue weighted by Gasteiger charge is -2.26. The van der Waals surface area contributed by atoms with Crippen molar-refractivity contribution in [2.75, 3.05) is 6.61 Å². The molecule has 0 unspecified atom stereocenters. The van der Waals surface area contributed by atoms with Crippen LogP contribution in [-0.4, -0.2) is 17.1 Å². The van der Waals surface area contributed by atoms with Gasteiger partial charge in [0, 0.05) is 15.6 Å². The number of halogens is 2. The van der Waals surface area contributed by atoms with E-state index in [4.69, 9.17) is 37.7 Å². The molecule has 0 N–H and O–H groups in total. The first-order valence-electron chi connectivity index (χ1n) is 14.7. The Bertz CT molecular complexity index is 1870. The van der Waals surface area contributed by atoms with Gasteiger partial charge in [-0.2, -0.15) is 0 Å². The Kier molecular flexibility index (Phi) is 10.1. The fraction of sp³-hybridized carbons (Fsp3) is 0.286. The molecular formula is C35H34Cl2N2O4S. The van der Waals surface area contributed by atoms with E-state index in [0.717, 1.165) is 23.1 Å². The number of aromatic nitrogens is 1. The summed E-state index contributed by atoms with van der Waals surface area (Å²) in [6, 6.07) is 20.3. The number of carbonyl (C=O) groups excluding carboxylic acids is 1. The van der Waals surface area contributed by atoms with E-state index >= 15 is 0 Å². The molecule has 1 atom stereocenters. The predicted octanol–water partition coefficient (Wildman–Crippen LogP) is 7.59. The number of ether oxygens (including phenoxy) is 2. The first kappa shape index (κ1) is 31.8. The molecule has 0 bridgehead atoms. The van der Waals surface area contributed by atoms with Crippen molar-refractivity contribution < 1.29 is 14.3 Å². The van der Waals surface area contributed by atoms with E-state index in [9.17, 15) is 9.59 Å². The number of nitrogens with zero attached hydrogens (tertiary/aromatic N) is 2. The van der Waals surface area contributed by atoms with Crippen LogP contribution in [0.2, 0.25) is 10.0 Å². The van der Waals surface area contributed by atoms with Gasteiger partial charge in [-0.15, -0.1) is 0 Å². The van der Waals surface area contributed by atoms with Crippen LogP contribution in [-0.2, 0) is 16.1 Å². The first-order chi connectivity index (χ1) is 21.2. The summed E-state index contributed by atoms with van der Waals surface area (Å²) in [5.74, 6) is 0.582. The van der Waals surface area contributed by atoms with Crippen molar-refractivity contribution in [3.8, 4) is 5.75 Å². The minimum Gasteiger partial charge on any atom is -0.489 e. The number of carbonyl (C=O) groups is 1. The van der Waals surface area contributed by atoms with Gasteiger partial charge in [0.15, 0.2) is 4.80 Å². The monoisotopic (exact) mass is 648 g/mol. The Labute approximate surface area is 270 Å². The Balaban J connectivity index is 1.52. The number of hydrogen-bond donors (Lipinski definition) is 0. The maximum Gasteiger partial charge on any atom is 0.338 e. The van der Waals surface area contributed by atoms with Gasteiger partial charge in [-0.25, -0.2) is 9.79 Å². The third-order valence-electron chi connectivity index (χ3n) is 7.40. The van der Waals surface area contributed by atoms with Gasteiger partial charge in [0.25, 0.3) is 5.56 Å². The number of thiazole rings is 1. The molecule has 4 aromatic rings. The molecule has 2 heterocycles. The largest absolute Gasteiger partial charge is 0.489 e. The van der Waals surface area contributed by atoms with Gasteiger partial charge in [-0.05, 0) is 66.3 Å². The third kappa shape index (κ3) is 6.85. The highest BCUT2D eigenvalue weighted by atomic mass is 35.5. The fourth-order valence-corrected chi connectivity index (χ4v) is 6.59. The van der Waals surface area contributed by atoms with Crippen molar-refractivity contribution in [1.29, 1.82) is 0 Å². The van der Waals surface area contributed by atoms with Crippen LogP contribution in [0.15, 0.2) is 87.8 Å². The second-order valence-electron chi connectivity index (χ2n) is 10.8. The summed E-state index contributed by atoms with van der Waals surface area (Å²) in [6.45, 7) is 8.63. The zero-order valence-electron chi connectivity index (χ0n) is 25.1. The van der Waals surface area contributed by atoms with Crippen molar-refractivity contribution in [3.05, 3.63) is 130 Å². The van der Waals surface area contributed by atoms with Gasteiger partial charge in [-0.1, -0.05) is 104 Å². The number of esters is 1. The molecule has 5 rings (SSSR count). The van der Waals surface area contributed by atoms with Crippen molar-refractivity contribution in [2.24, 2.45) is 4.99 Å². The van der Waals surface area contributed by atoms with Gasteiger partial charge < -0.3 is 9.47 Å². The minimum absolute atomic E-state index is 0.207. The van der Waals surface area contributed by atoms with Crippen LogP contribution in [0.5, 0.6) is 5.75 Å². The van der Waals surface area contributed by atoms with Crippen LogP contribution >= 0.6 is 34.5 Å². The highest BCUT2D eigenvalue weighted by Crippen LogP contribution is 2.33. The van der Waals surface area contributed by atoms with E-state index in [2.05, 4.69) is 26.0 Å². The second kappa shape index (κ2) is 14.0. The lowest BCUT2D eigenvalue weighted by Crippen LogP contribution is -2.40. The summed E-state index contributed by atoms with van der Waals surface area (Å²) >= 11 is 13.6. The number of hydrogen-bond acceptors (Lipinski definition) is 6. The van der Waals surface area contributed by atoms with Crippen LogP contribution < -0.4 is 19.6 Å². The average Bonchev–Trinajstić information content (AvgIpc) is 3.31. The van der Waals surface area contributed by atoms with Gasteiger partial charge in [0.1, 0.15) is 12.4 Å². The highest BCUT2D eigenvalue weighted by molar-refractivity contribution is 7.07. The molecule has 0 radical (unpaired) electrons. The standard InChI is InChI=1S/C35H34Cl2N2O4S/c1-5-7-29-31(34(41)42-6-2)32(24-12-10-23(11-13-24)21(3)4)39-33(40)30(44-35(39)38-29)18-22-8-16-27(17-9-22)43-20-25-14-15-26(36)19-28(25)37/h8-19,21,32H,5-7,20H2,1-4H3/b30-18-/t32-/m0/s1. The Morgan fingerprint density at radius 1 is 1.05 bits per heavy atom. The first-order valence-corrected chi connectivity index (χ1v) is 16.3. The van der Waals surface area contributed by atoms with Gasteiger partial charge in [0.2, 0.25) is 0 Å². The van der Waals surface area contributed by atoms with Crippen molar-refractivity contribution in [3.63, 3.8) is 0 Å². The molecule has 0 saturated heterocycles. The quantitative estimate of drug-likeness (QED) is 0.166. The van der Waals surface area contributed by atoms with E-state index in [1.807, 2.05) is 55.5 Å². The summed E-state index contributed by atoms with van der Waals surface area (Å²) in [5, 5.41) is 1.12. The Morgan fingerprint density at radius 2 is 1.77 bits per heavy atom. The van der Waals surface area contributed by atoms with E-state index in [1.165, 1.54) is 16.9 Å². The molecule has 1 aliphatic heterocycles.